The number of rotatable bonds is 5. The summed E-state index contributed by atoms with van der Waals surface area (Å²) in [5, 5.41) is 18.1. The fourth-order valence-corrected chi connectivity index (χ4v) is 3.58. The number of hydrogen-bond donors (Lipinski definition) is 1. The van der Waals surface area contributed by atoms with Crippen LogP contribution in [0.1, 0.15) is 37.8 Å². The molecule has 1 aromatic carbocycles. The number of nitriles is 2. The summed E-state index contributed by atoms with van der Waals surface area (Å²) in [6.07, 6.45) is 0.742. The number of nitrogens with one attached hydrogen (secondary N) is 1. The summed E-state index contributed by atoms with van der Waals surface area (Å²) in [7, 11) is -3.84. The van der Waals surface area contributed by atoms with Gasteiger partial charge in [0.25, 0.3) is 0 Å². The minimum atomic E-state index is -3.84. The number of aryl methyl sites for hydroxylation is 1. The highest BCUT2D eigenvalue weighted by Gasteiger charge is 2.32. The number of nitrogens with zero attached hydrogens (tertiary/aromatic N) is 2. The molecule has 0 saturated heterocycles. The number of sulfonamides is 1. The summed E-state index contributed by atoms with van der Waals surface area (Å²) < 4.78 is 27.3. The molecule has 0 saturated carbocycles. The Morgan fingerprint density at radius 2 is 1.85 bits per heavy atom. The Labute approximate surface area is 119 Å². The van der Waals surface area contributed by atoms with E-state index in [0.717, 1.165) is 0 Å². The van der Waals surface area contributed by atoms with Crippen LogP contribution in [-0.2, 0) is 10.0 Å². The van der Waals surface area contributed by atoms with Crippen LogP contribution in [0.25, 0.3) is 0 Å². The summed E-state index contributed by atoms with van der Waals surface area (Å²) in [4.78, 5) is 0.0399. The second-order valence-corrected chi connectivity index (χ2v) is 6.25. The molecule has 0 aliphatic heterocycles. The van der Waals surface area contributed by atoms with Crippen LogP contribution in [0.15, 0.2) is 23.1 Å². The topological polar surface area (TPSA) is 93.8 Å². The van der Waals surface area contributed by atoms with Crippen LogP contribution in [0.5, 0.6) is 0 Å². The van der Waals surface area contributed by atoms with Crippen molar-refractivity contribution in [2.75, 3.05) is 0 Å². The zero-order valence-corrected chi connectivity index (χ0v) is 12.6. The van der Waals surface area contributed by atoms with Gasteiger partial charge < -0.3 is 0 Å². The normalized spacial score (nSPS) is 11.7. The fraction of sp³-hybridized carbons (Fsp3) is 0.429. The van der Waals surface area contributed by atoms with Gasteiger partial charge in [0.1, 0.15) is 5.54 Å². The first-order chi connectivity index (χ1) is 9.34. The summed E-state index contributed by atoms with van der Waals surface area (Å²) >= 11 is 0. The number of hydrogen-bond acceptors (Lipinski definition) is 4. The standard InChI is InChI=1S/C14H17N3O2S/c1-4-14(5-2,10-16)17-20(18,19)13-8-12(9-15)7-6-11(13)3/h6-8,17H,4-5H2,1-3H3. The molecule has 20 heavy (non-hydrogen) atoms. The average molecular weight is 291 g/mol. The van der Waals surface area contributed by atoms with Crippen molar-refractivity contribution in [3.8, 4) is 12.1 Å². The predicted molar refractivity (Wildman–Crippen MR) is 75.1 cm³/mol. The fourth-order valence-electron chi connectivity index (χ4n) is 1.85. The van der Waals surface area contributed by atoms with Crippen LogP contribution in [-0.4, -0.2) is 14.0 Å². The monoisotopic (exact) mass is 291 g/mol. The highest BCUT2D eigenvalue weighted by molar-refractivity contribution is 7.89. The third kappa shape index (κ3) is 3.16. The molecule has 0 aliphatic rings. The molecule has 0 bridgehead atoms. The third-order valence-corrected chi connectivity index (χ3v) is 5.04. The van der Waals surface area contributed by atoms with Crippen molar-refractivity contribution in [2.45, 2.75) is 44.0 Å². The summed E-state index contributed by atoms with van der Waals surface area (Å²) in [5.74, 6) is 0. The zero-order chi connectivity index (χ0) is 15.4. The van der Waals surface area contributed by atoms with Crippen LogP contribution < -0.4 is 4.72 Å². The maximum Gasteiger partial charge on any atom is 0.242 e. The van der Waals surface area contributed by atoms with Gasteiger partial charge in [-0.25, -0.2) is 8.42 Å². The van der Waals surface area contributed by atoms with E-state index in [1.807, 2.05) is 12.1 Å². The first-order valence-electron chi connectivity index (χ1n) is 6.30. The lowest BCUT2D eigenvalue weighted by Gasteiger charge is -2.25. The average Bonchev–Trinajstić information content (AvgIpc) is 2.45. The second-order valence-electron chi connectivity index (χ2n) is 4.60. The van der Waals surface area contributed by atoms with Crippen LogP contribution in [0.2, 0.25) is 0 Å². The molecule has 106 valence electrons. The molecule has 0 unspecified atom stereocenters. The van der Waals surface area contributed by atoms with E-state index in [4.69, 9.17) is 5.26 Å². The van der Waals surface area contributed by atoms with Crippen molar-refractivity contribution in [3.05, 3.63) is 29.3 Å². The van der Waals surface area contributed by atoms with Crippen molar-refractivity contribution in [1.82, 2.24) is 4.72 Å². The van der Waals surface area contributed by atoms with Crippen molar-refractivity contribution in [1.29, 1.82) is 10.5 Å². The quantitative estimate of drug-likeness (QED) is 0.900. The molecule has 0 amide bonds. The molecule has 0 spiro atoms. The van der Waals surface area contributed by atoms with Gasteiger partial charge in [0, 0.05) is 0 Å². The lowest BCUT2D eigenvalue weighted by atomic mass is 9.97. The molecule has 0 atom stereocenters. The van der Waals surface area contributed by atoms with Gasteiger partial charge >= 0.3 is 0 Å². The Morgan fingerprint density at radius 3 is 2.30 bits per heavy atom. The van der Waals surface area contributed by atoms with Crippen molar-refractivity contribution < 1.29 is 8.42 Å². The molecule has 0 aromatic heterocycles. The largest absolute Gasteiger partial charge is 0.242 e. The van der Waals surface area contributed by atoms with E-state index in [1.165, 1.54) is 6.07 Å². The lowest BCUT2D eigenvalue weighted by Crippen LogP contribution is -2.46. The Morgan fingerprint density at radius 1 is 1.25 bits per heavy atom. The highest BCUT2D eigenvalue weighted by Crippen LogP contribution is 2.22. The second kappa shape index (κ2) is 6.04. The molecule has 0 fully saturated rings. The van der Waals surface area contributed by atoms with E-state index in [0.29, 0.717) is 18.4 Å². The van der Waals surface area contributed by atoms with E-state index < -0.39 is 15.6 Å². The Balaban J connectivity index is 3.32. The molecular formula is C14H17N3O2S. The van der Waals surface area contributed by atoms with Crippen molar-refractivity contribution in [3.63, 3.8) is 0 Å². The van der Waals surface area contributed by atoms with Gasteiger partial charge in [0.05, 0.1) is 22.6 Å². The van der Waals surface area contributed by atoms with Crippen molar-refractivity contribution in [2.24, 2.45) is 0 Å². The Bertz CT molecular complexity index is 677. The highest BCUT2D eigenvalue weighted by atomic mass is 32.2. The molecule has 0 heterocycles. The zero-order valence-electron chi connectivity index (χ0n) is 11.8. The summed E-state index contributed by atoms with van der Waals surface area (Å²) in [6.45, 7) is 5.17. The third-order valence-electron chi connectivity index (χ3n) is 3.36. The molecule has 6 heteroatoms. The van der Waals surface area contributed by atoms with E-state index in [9.17, 15) is 13.7 Å². The van der Waals surface area contributed by atoms with Gasteiger partial charge in [0.15, 0.2) is 0 Å². The van der Waals surface area contributed by atoms with Gasteiger partial charge in [-0.3, -0.25) is 0 Å². The summed E-state index contributed by atoms with van der Waals surface area (Å²) in [5.41, 5.74) is -0.310. The number of benzene rings is 1. The molecule has 1 rings (SSSR count). The lowest BCUT2D eigenvalue weighted by molar-refractivity contribution is 0.446. The Kier molecular flexibility index (Phi) is 4.88. The van der Waals surface area contributed by atoms with E-state index in [2.05, 4.69) is 4.72 Å². The van der Waals surface area contributed by atoms with Gasteiger partial charge in [0.2, 0.25) is 10.0 Å². The maximum absolute atomic E-state index is 12.4. The van der Waals surface area contributed by atoms with Gasteiger partial charge in [-0.15, -0.1) is 0 Å². The molecule has 0 radical (unpaired) electrons. The molecule has 1 N–H and O–H groups in total. The molecular weight excluding hydrogens is 274 g/mol. The first-order valence-corrected chi connectivity index (χ1v) is 7.78. The minimum absolute atomic E-state index is 0.0399. The maximum atomic E-state index is 12.4. The van der Waals surface area contributed by atoms with E-state index >= 15 is 0 Å². The summed E-state index contributed by atoms with van der Waals surface area (Å²) in [6, 6.07) is 8.42. The SMILES string of the molecule is CCC(C#N)(CC)NS(=O)(=O)c1cc(C#N)ccc1C. The van der Waals surface area contributed by atoms with Crippen LogP contribution in [0.4, 0.5) is 0 Å². The predicted octanol–water partition coefficient (Wildman–Crippen LogP) is 2.23. The van der Waals surface area contributed by atoms with Gasteiger partial charge in [-0.2, -0.15) is 15.2 Å². The Hall–Kier alpha value is -1.89. The first kappa shape index (κ1) is 16.2. The van der Waals surface area contributed by atoms with Crippen LogP contribution in [0.3, 0.4) is 0 Å². The minimum Gasteiger partial charge on any atom is -0.207 e. The van der Waals surface area contributed by atoms with Crippen LogP contribution >= 0.6 is 0 Å². The van der Waals surface area contributed by atoms with Gasteiger partial charge in [-0.05, 0) is 37.5 Å². The van der Waals surface area contributed by atoms with Crippen LogP contribution in [0, 0.1) is 29.6 Å². The molecule has 5 nitrogen and oxygen atoms in total. The van der Waals surface area contributed by atoms with Gasteiger partial charge in [-0.1, -0.05) is 19.9 Å². The van der Waals surface area contributed by atoms with E-state index in [-0.39, 0.29) is 10.5 Å². The van der Waals surface area contributed by atoms with Crippen molar-refractivity contribution >= 4 is 10.0 Å². The van der Waals surface area contributed by atoms with E-state index in [1.54, 1.807) is 32.9 Å². The molecule has 1 aromatic rings. The smallest absolute Gasteiger partial charge is 0.207 e. The molecule has 0 aliphatic carbocycles.